The van der Waals surface area contributed by atoms with E-state index in [2.05, 4.69) is 57.3 Å². The lowest BCUT2D eigenvalue weighted by atomic mass is 10.2. The molecule has 8 heteroatoms. The molecular weight excluding hydrogens is 398 g/mol. The van der Waals surface area contributed by atoms with Crippen LogP contribution in [0.2, 0.25) is 0 Å². The highest BCUT2D eigenvalue weighted by atomic mass is 32.2. The third-order valence-electron chi connectivity index (χ3n) is 6.24. The molecule has 0 aliphatic carbocycles. The summed E-state index contributed by atoms with van der Waals surface area (Å²) in [7, 11) is -3.06. The van der Waals surface area contributed by atoms with Gasteiger partial charge in [-0.15, -0.1) is 0 Å². The minimum Gasteiger partial charge on any atom is -0.369 e. The Balaban J connectivity index is 1.57. The quantitative estimate of drug-likeness (QED) is 0.561. The van der Waals surface area contributed by atoms with Crippen molar-refractivity contribution in [3.05, 3.63) is 30.3 Å². The number of hydrogen-bond acceptors (Lipinski definition) is 5. The maximum Gasteiger partial charge on any atom is 0.194 e. The van der Waals surface area contributed by atoms with Crippen molar-refractivity contribution in [3.63, 3.8) is 0 Å². The lowest BCUT2D eigenvalue weighted by Gasteiger charge is -2.40. The molecule has 0 aromatic heterocycles. The van der Waals surface area contributed by atoms with Gasteiger partial charge in [0.1, 0.15) is 0 Å². The molecule has 0 bridgehead atoms. The monoisotopic (exact) mass is 435 g/mol. The van der Waals surface area contributed by atoms with Gasteiger partial charge in [-0.05, 0) is 39.8 Å². The zero-order valence-electron chi connectivity index (χ0n) is 18.8. The van der Waals surface area contributed by atoms with E-state index >= 15 is 0 Å². The van der Waals surface area contributed by atoms with Crippen LogP contribution in [0.5, 0.6) is 0 Å². The molecule has 0 radical (unpaired) electrons. The SMILES string of the molecule is CCNC(=NCC(C)N1CCN(c2ccccc2)CC1)N1CCS(=O)(=O)C(C)(C)C1. The number of rotatable bonds is 5. The molecular formula is C22H37N5O2S. The van der Waals surface area contributed by atoms with E-state index in [0.29, 0.717) is 25.7 Å². The molecule has 168 valence electrons. The van der Waals surface area contributed by atoms with Crippen LogP contribution in [-0.2, 0) is 9.84 Å². The second-order valence-corrected chi connectivity index (χ2v) is 11.6. The summed E-state index contributed by atoms with van der Waals surface area (Å²) in [5, 5.41) is 3.36. The van der Waals surface area contributed by atoms with Crippen molar-refractivity contribution in [1.82, 2.24) is 15.1 Å². The Morgan fingerprint density at radius 3 is 2.40 bits per heavy atom. The molecule has 2 aliphatic heterocycles. The first-order chi connectivity index (χ1) is 14.2. The summed E-state index contributed by atoms with van der Waals surface area (Å²) >= 11 is 0. The van der Waals surface area contributed by atoms with E-state index in [9.17, 15) is 8.42 Å². The van der Waals surface area contributed by atoms with E-state index in [-0.39, 0.29) is 5.75 Å². The molecule has 1 aromatic rings. The van der Waals surface area contributed by atoms with Crippen LogP contribution in [0.15, 0.2) is 35.3 Å². The molecule has 0 spiro atoms. The minimum absolute atomic E-state index is 0.182. The maximum absolute atomic E-state index is 12.3. The van der Waals surface area contributed by atoms with Crippen molar-refractivity contribution in [2.75, 3.05) is 63.0 Å². The lowest BCUT2D eigenvalue weighted by molar-refractivity contribution is 0.201. The highest BCUT2D eigenvalue weighted by Gasteiger charge is 2.41. The fourth-order valence-corrected chi connectivity index (χ4v) is 5.51. The number of nitrogens with zero attached hydrogens (tertiary/aromatic N) is 4. The average molecular weight is 436 g/mol. The Morgan fingerprint density at radius 2 is 1.80 bits per heavy atom. The molecule has 2 saturated heterocycles. The first-order valence-corrected chi connectivity index (χ1v) is 12.7. The van der Waals surface area contributed by atoms with E-state index in [4.69, 9.17) is 4.99 Å². The second-order valence-electron chi connectivity index (χ2n) is 8.90. The van der Waals surface area contributed by atoms with Crippen LogP contribution in [0.1, 0.15) is 27.7 Å². The van der Waals surface area contributed by atoms with Gasteiger partial charge >= 0.3 is 0 Å². The van der Waals surface area contributed by atoms with Gasteiger partial charge in [-0.3, -0.25) is 9.89 Å². The van der Waals surface area contributed by atoms with E-state index in [0.717, 1.165) is 38.7 Å². The molecule has 2 fully saturated rings. The first kappa shape index (κ1) is 22.9. The molecule has 2 aliphatic rings. The van der Waals surface area contributed by atoms with Crippen LogP contribution in [-0.4, -0.2) is 93.1 Å². The van der Waals surface area contributed by atoms with Crippen molar-refractivity contribution in [3.8, 4) is 0 Å². The highest BCUT2D eigenvalue weighted by molar-refractivity contribution is 7.92. The van der Waals surface area contributed by atoms with Gasteiger partial charge in [0, 0.05) is 57.5 Å². The summed E-state index contributed by atoms with van der Waals surface area (Å²) in [6.07, 6.45) is 0. The summed E-state index contributed by atoms with van der Waals surface area (Å²) in [6.45, 7) is 14.5. The number of benzene rings is 1. The smallest absolute Gasteiger partial charge is 0.194 e. The number of sulfone groups is 1. The number of hydrogen-bond donors (Lipinski definition) is 1. The number of para-hydroxylation sites is 1. The second kappa shape index (κ2) is 9.56. The molecule has 7 nitrogen and oxygen atoms in total. The topological polar surface area (TPSA) is 68.2 Å². The molecule has 1 N–H and O–H groups in total. The van der Waals surface area contributed by atoms with Crippen LogP contribution in [0, 0.1) is 0 Å². The Morgan fingerprint density at radius 1 is 1.13 bits per heavy atom. The summed E-state index contributed by atoms with van der Waals surface area (Å²) < 4.78 is 23.9. The predicted octanol–water partition coefficient (Wildman–Crippen LogP) is 1.67. The van der Waals surface area contributed by atoms with Crippen LogP contribution >= 0.6 is 0 Å². The number of guanidine groups is 1. The molecule has 1 atom stereocenters. The largest absolute Gasteiger partial charge is 0.369 e. The number of aliphatic imine (C=N–C) groups is 1. The van der Waals surface area contributed by atoms with Crippen molar-refractivity contribution in [2.45, 2.75) is 38.5 Å². The first-order valence-electron chi connectivity index (χ1n) is 11.0. The Bertz CT molecular complexity index is 817. The van der Waals surface area contributed by atoms with Gasteiger partial charge < -0.3 is 15.1 Å². The predicted molar refractivity (Wildman–Crippen MR) is 125 cm³/mol. The third-order valence-corrected chi connectivity index (χ3v) is 8.78. The summed E-state index contributed by atoms with van der Waals surface area (Å²) in [5.41, 5.74) is 1.29. The van der Waals surface area contributed by atoms with Crippen LogP contribution in [0.3, 0.4) is 0 Å². The summed E-state index contributed by atoms with van der Waals surface area (Å²) in [6, 6.07) is 10.9. The van der Waals surface area contributed by atoms with Crippen molar-refractivity contribution < 1.29 is 8.42 Å². The number of piperazine rings is 1. The zero-order valence-corrected chi connectivity index (χ0v) is 19.7. The van der Waals surface area contributed by atoms with Gasteiger partial charge in [0.05, 0.1) is 17.0 Å². The summed E-state index contributed by atoms with van der Waals surface area (Å²) in [5.74, 6) is 1.01. The Labute approximate surface area is 182 Å². The molecule has 2 heterocycles. The number of nitrogens with one attached hydrogen (secondary N) is 1. The van der Waals surface area contributed by atoms with Gasteiger partial charge in [0.2, 0.25) is 0 Å². The van der Waals surface area contributed by atoms with Gasteiger partial charge in [-0.2, -0.15) is 0 Å². The highest BCUT2D eigenvalue weighted by Crippen LogP contribution is 2.24. The van der Waals surface area contributed by atoms with Crippen LogP contribution < -0.4 is 10.2 Å². The number of anilines is 1. The van der Waals surface area contributed by atoms with Gasteiger partial charge in [-0.1, -0.05) is 18.2 Å². The summed E-state index contributed by atoms with van der Waals surface area (Å²) in [4.78, 5) is 11.9. The third kappa shape index (κ3) is 5.27. The van der Waals surface area contributed by atoms with Crippen molar-refractivity contribution in [1.29, 1.82) is 0 Å². The Kier molecular flexibility index (Phi) is 7.29. The van der Waals surface area contributed by atoms with E-state index in [1.54, 1.807) is 0 Å². The van der Waals surface area contributed by atoms with Gasteiger partial charge in [0.15, 0.2) is 15.8 Å². The van der Waals surface area contributed by atoms with Crippen molar-refractivity contribution >= 4 is 21.5 Å². The van der Waals surface area contributed by atoms with Crippen LogP contribution in [0.4, 0.5) is 5.69 Å². The molecule has 0 saturated carbocycles. The van der Waals surface area contributed by atoms with E-state index in [1.807, 2.05) is 20.8 Å². The lowest BCUT2D eigenvalue weighted by Crippen LogP contribution is -2.57. The molecule has 0 amide bonds. The maximum atomic E-state index is 12.3. The van der Waals surface area contributed by atoms with Crippen molar-refractivity contribution in [2.24, 2.45) is 4.99 Å². The van der Waals surface area contributed by atoms with E-state index < -0.39 is 14.6 Å². The molecule has 1 aromatic carbocycles. The fourth-order valence-electron chi connectivity index (χ4n) is 4.14. The van der Waals surface area contributed by atoms with Crippen LogP contribution in [0.25, 0.3) is 0 Å². The van der Waals surface area contributed by atoms with Gasteiger partial charge in [0.25, 0.3) is 0 Å². The normalized spacial score (nSPS) is 23.3. The van der Waals surface area contributed by atoms with E-state index in [1.165, 1.54) is 5.69 Å². The standard InChI is InChI=1S/C22H37N5O2S/c1-5-23-21(27-15-16-30(28,29)22(3,4)18-27)24-17-19(2)25-11-13-26(14-12-25)20-9-7-6-8-10-20/h6-10,19H,5,11-18H2,1-4H3,(H,23,24). The molecule has 1 unspecified atom stereocenters. The molecule has 30 heavy (non-hydrogen) atoms. The van der Waals surface area contributed by atoms with Gasteiger partial charge in [-0.25, -0.2) is 8.42 Å². The molecule has 3 rings (SSSR count). The fraction of sp³-hybridized carbons (Fsp3) is 0.682. The zero-order chi connectivity index (χ0) is 21.8. The minimum atomic E-state index is -3.06. The average Bonchev–Trinajstić information content (AvgIpc) is 2.74. The Hall–Kier alpha value is -1.80.